The molecule has 0 saturated heterocycles. The molecule has 4 aromatic carbocycles. The predicted octanol–water partition coefficient (Wildman–Crippen LogP) is 6.61. The number of rotatable bonds is 9. The maximum atomic E-state index is 13.7. The largest absolute Gasteiger partial charge is 0.274 e. The van der Waals surface area contributed by atoms with Crippen molar-refractivity contribution in [3.05, 3.63) is 120 Å². The third-order valence-corrected chi connectivity index (χ3v) is 12.3. The molecular weight excluding hydrogens is 533 g/mol. The maximum absolute atomic E-state index is 13.7. The molecule has 36 heavy (non-hydrogen) atoms. The number of anilines is 2. The van der Waals surface area contributed by atoms with Gasteiger partial charge in [-0.3, -0.25) is 0 Å². The van der Waals surface area contributed by atoms with Crippen LogP contribution in [-0.2, 0) is 20.0 Å². The van der Waals surface area contributed by atoms with Crippen LogP contribution in [-0.4, -0.2) is 16.8 Å². The summed E-state index contributed by atoms with van der Waals surface area (Å²) in [5, 5.41) is 0. The quantitative estimate of drug-likeness (QED) is 0.171. The van der Waals surface area contributed by atoms with Crippen molar-refractivity contribution in [1.82, 2.24) is 0 Å². The van der Waals surface area contributed by atoms with Gasteiger partial charge in [-0.25, -0.2) is 16.8 Å². The fraction of sp³-hybridized carbons (Fsp3) is 0.0769. The van der Waals surface area contributed by atoms with Crippen LogP contribution in [0, 0.1) is 13.8 Å². The van der Waals surface area contributed by atoms with E-state index < -0.39 is 20.0 Å². The first-order valence-corrected chi connectivity index (χ1v) is 15.8. The van der Waals surface area contributed by atoms with Crippen LogP contribution < -0.4 is 7.42 Å². The Morgan fingerprint density at radius 2 is 0.778 bits per heavy atom. The van der Waals surface area contributed by atoms with Crippen LogP contribution in [0.5, 0.6) is 0 Å². The Kier molecular flexibility index (Phi) is 7.99. The topological polar surface area (TPSA) is 74.8 Å². The van der Waals surface area contributed by atoms with Crippen LogP contribution >= 0.6 is 22.0 Å². The number of para-hydroxylation sites is 2. The van der Waals surface area contributed by atoms with E-state index in [9.17, 15) is 16.8 Å². The molecule has 0 fully saturated rings. The SMILES string of the molecule is Cc1ccc(S(=O)(=O)N(SSN(c2ccccc2)S(=O)(=O)c2ccc(C)cc2)c2ccccc2)cc1. The molecule has 0 amide bonds. The van der Waals surface area contributed by atoms with Gasteiger partial charge in [0.05, 0.1) is 43.1 Å². The summed E-state index contributed by atoms with van der Waals surface area (Å²) in [6.07, 6.45) is 0. The van der Waals surface area contributed by atoms with Gasteiger partial charge in [0, 0.05) is 0 Å². The van der Waals surface area contributed by atoms with E-state index in [4.69, 9.17) is 0 Å². The van der Waals surface area contributed by atoms with Crippen LogP contribution in [0.2, 0.25) is 0 Å². The minimum Gasteiger partial charge on any atom is -0.200 e. The van der Waals surface area contributed by atoms with E-state index in [0.29, 0.717) is 11.4 Å². The molecular formula is C26H24N2O4S4. The lowest BCUT2D eigenvalue weighted by Gasteiger charge is -2.27. The molecule has 0 spiro atoms. The molecule has 0 aliphatic carbocycles. The fourth-order valence-electron chi connectivity index (χ4n) is 3.22. The number of benzene rings is 4. The highest BCUT2D eigenvalue weighted by atomic mass is 33.1. The van der Waals surface area contributed by atoms with E-state index in [1.807, 2.05) is 13.8 Å². The molecule has 0 saturated carbocycles. The van der Waals surface area contributed by atoms with Crippen LogP contribution in [0.3, 0.4) is 0 Å². The van der Waals surface area contributed by atoms with Gasteiger partial charge in [0.15, 0.2) is 0 Å². The molecule has 0 heterocycles. The molecule has 4 rings (SSSR count). The Hall–Kier alpha value is -2.92. The molecule has 0 bridgehead atoms. The summed E-state index contributed by atoms with van der Waals surface area (Å²) in [5.74, 6) is 0. The van der Waals surface area contributed by atoms with Crippen molar-refractivity contribution in [3.8, 4) is 0 Å². The molecule has 4 aromatic rings. The van der Waals surface area contributed by atoms with Crippen molar-refractivity contribution in [3.63, 3.8) is 0 Å². The number of aryl methyl sites for hydroxylation is 2. The number of nitrogens with zero attached hydrogens (tertiary/aromatic N) is 2. The van der Waals surface area contributed by atoms with E-state index in [1.165, 1.54) is 0 Å². The van der Waals surface area contributed by atoms with Gasteiger partial charge >= 0.3 is 0 Å². The highest BCUT2D eigenvalue weighted by Gasteiger charge is 2.31. The standard InChI is InChI=1S/C26H24N2O4S4/c1-21-13-17-25(18-14-21)35(29,30)27(23-9-5-3-6-10-23)33-34-28(24-11-7-4-8-12-24)36(31,32)26-19-15-22(2)16-20-26/h3-20H,1-2H3. The van der Waals surface area contributed by atoms with Crippen molar-refractivity contribution in [2.24, 2.45) is 0 Å². The lowest BCUT2D eigenvalue weighted by Crippen LogP contribution is -2.27. The van der Waals surface area contributed by atoms with Gasteiger partial charge in [-0.2, -0.15) is 7.42 Å². The van der Waals surface area contributed by atoms with Gasteiger partial charge in [-0.1, -0.05) is 71.8 Å². The van der Waals surface area contributed by atoms with Crippen molar-refractivity contribution < 1.29 is 16.8 Å². The summed E-state index contributed by atoms with van der Waals surface area (Å²) in [5.41, 5.74) is 2.66. The Morgan fingerprint density at radius 1 is 0.472 bits per heavy atom. The average Bonchev–Trinajstić information content (AvgIpc) is 2.88. The number of hydrogen-bond donors (Lipinski definition) is 0. The van der Waals surface area contributed by atoms with Gasteiger partial charge in [-0.05, 0) is 62.4 Å². The van der Waals surface area contributed by atoms with Crippen molar-refractivity contribution in [2.45, 2.75) is 23.6 Å². The van der Waals surface area contributed by atoms with E-state index >= 15 is 0 Å². The van der Waals surface area contributed by atoms with Gasteiger partial charge in [-0.15, -0.1) is 0 Å². The molecule has 0 unspecified atom stereocenters. The van der Waals surface area contributed by atoms with E-state index in [0.717, 1.165) is 40.5 Å². The van der Waals surface area contributed by atoms with Crippen LogP contribution in [0.15, 0.2) is 119 Å². The van der Waals surface area contributed by atoms with Crippen molar-refractivity contribution in [2.75, 3.05) is 7.42 Å². The van der Waals surface area contributed by atoms with E-state index in [1.54, 1.807) is 109 Å². The van der Waals surface area contributed by atoms with Gasteiger partial charge in [0.1, 0.15) is 0 Å². The smallest absolute Gasteiger partial charge is 0.200 e. The van der Waals surface area contributed by atoms with Gasteiger partial charge in [0.25, 0.3) is 20.0 Å². The summed E-state index contributed by atoms with van der Waals surface area (Å²) < 4.78 is 57.0. The summed E-state index contributed by atoms with van der Waals surface area (Å²) in [6.45, 7) is 3.76. The second-order valence-corrected chi connectivity index (χ2v) is 13.9. The predicted molar refractivity (Wildman–Crippen MR) is 150 cm³/mol. The average molecular weight is 557 g/mol. The van der Waals surface area contributed by atoms with Crippen LogP contribution in [0.25, 0.3) is 0 Å². The lowest BCUT2D eigenvalue weighted by atomic mass is 10.2. The van der Waals surface area contributed by atoms with Crippen molar-refractivity contribution in [1.29, 1.82) is 0 Å². The third-order valence-electron chi connectivity index (χ3n) is 5.18. The lowest BCUT2D eigenvalue weighted by molar-refractivity contribution is 0.596. The molecule has 0 N–H and O–H groups in total. The van der Waals surface area contributed by atoms with Crippen LogP contribution in [0.4, 0.5) is 11.4 Å². The molecule has 10 heteroatoms. The van der Waals surface area contributed by atoms with E-state index in [2.05, 4.69) is 0 Å². The minimum atomic E-state index is -4.01. The first-order valence-electron chi connectivity index (χ1n) is 10.9. The molecule has 0 radical (unpaired) electrons. The fourth-order valence-corrected chi connectivity index (χ4v) is 9.86. The summed E-state index contributed by atoms with van der Waals surface area (Å²) in [7, 11) is -6.39. The van der Waals surface area contributed by atoms with Gasteiger partial charge < -0.3 is 0 Å². The zero-order valence-corrected chi connectivity index (χ0v) is 22.8. The third kappa shape index (κ3) is 5.73. The Labute approximate surface area is 220 Å². The van der Waals surface area contributed by atoms with E-state index in [-0.39, 0.29) is 9.79 Å². The monoisotopic (exact) mass is 556 g/mol. The van der Waals surface area contributed by atoms with Crippen LogP contribution in [0.1, 0.15) is 11.1 Å². The highest BCUT2D eigenvalue weighted by Crippen LogP contribution is 2.43. The van der Waals surface area contributed by atoms with Crippen molar-refractivity contribution >= 4 is 53.4 Å². The molecule has 0 aliphatic rings. The molecule has 0 atom stereocenters. The zero-order chi connectivity index (χ0) is 25.8. The maximum Gasteiger partial charge on any atom is 0.274 e. The first kappa shape index (κ1) is 26.2. The van der Waals surface area contributed by atoms with Gasteiger partial charge in [0.2, 0.25) is 0 Å². The Balaban J connectivity index is 1.75. The normalized spacial score (nSPS) is 11.7. The highest BCUT2D eigenvalue weighted by molar-refractivity contribution is 8.80. The second kappa shape index (κ2) is 11.0. The summed E-state index contributed by atoms with van der Waals surface area (Å²) in [4.78, 5) is 0.218. The Morgan fingerprint density at radius 3 is 1.08 bits per heavy atom. The second-order valence-electron chi connectivity index (χ2n) is 7.91. The molecule has 0 aliphatic heterocycles. The number of sulfonamides is 2. The Bertz CT molecular complexity index is 1390. The molecule has 6 nitrogen and oxygen atoms in total. The summed E-state index contributed by atoms with van der Waals surface area (Å²) in [6, 6.07) is 30.3. The molecule has 0 aromatic heterocycles. The number of hydrogen-bond acceptors (Lipinski definition) is 6. The minimum absolute atomic E-state index is 0.109. The first-order chi connectivity index (χ1) is 17.2. The zero-order valence-electron chi connectivity index (χ0n) is 19.6. The molecule has 186 valence electrons. The summed E-state index contributed by atoms with van der Waals surface area (Å²) >= 11 is 0.